The summed E-state index contributed by atoms with van der Waals surface area (Å²) in [5, 5.41) is 21.8. The number of rotatable bonds is 11. The Labute approximate surface area is 257 Å². The molecule has 4 heteroatoms. The zero-order chi connectivity index (χ0) is 31.9. The van der Waals surface area contributed by atoms with Crippen LogP contribution in [0.15, 0.2) is 34.3 Å². The second kappa shape index (κ2) is 14.2. The second-order valence-corrected chi connectivity index (χ2v) is 16.1. The fraction of sp³-hybridized carbons (Fsp3) is 0.632. The third-order valence-corrected chi connectivity index (χ3v) is 7.90. The highest BCUT2D eigenvalue weighted by Crippen LogP contribution is 2.42. The second-order valence-electron chi connectivity index (χ2n) is 16.1. The maximum absolute atomic E-state index is 10.9. The Morgan fingerprint density at radius 2 is 0.786 bits per heavy atom. The van der Waals surface area contributed by atoms with Crippen molar-refractivity contribution in [2.24, 2.45) is 9.98 Å². The topological polar surface area (TPSA) is 65.2 Å². The number of nitrogens with zero attached hydrogens (tertiary/aromatic N) is 2. The van der Waals surface area contributed by atoms with Gasteiger partial charge in [-0.1, -0.05) is 121 Å². The maximum atomic E-state index is 10.9. The van der Waals surface area contributed by atoms with E-state index in [9.17, 15) is 10.2 Å². The molecule has 0 aromatic heterocycles. The van der Waals surface area contributed by atoms with Crippen molar-refractivity contribution in [2.75, 3.05) is 0 Å². The average Bonchev–Trinajstić information content (AvgIpc) is 2.83. The van der Waals surface area contributed by atoms with Crippen molar-refractivity contribution in [3.8, 4) is 11.5 Å². The molecule has 0 radical (unpaired) electrons. The summed E-state index contributed by atoms with van der Waals surface area (Å²) >= 11 is 0. The van der Waals surface area contributed by atoms with Crippen LogP contribution in [-0.2, 0) is 21.7 Å². The quantitative estimate of drug-likeness (QED) is 0.206. The first-order valence-corrected chi connectivity index (χ1v) is 16.0. The van der Waals surface area contributed by atoms with Crippen LogP contribution in [0, 0.1) is 0 Å². The molecule has 0 aliphatic rings. The Bertz CT molecular complexity index is 1130. The molecule has 0 heterocycles. The van der Waals surface area contributed by atoms with Gasteiger partial charge in [0.05, 0.1) is 0 Å². The summed E-state index contributed by atoms with van der Waals surface area (Å²) < 4.78 is 0. The average molecular weight is 577 g/mol. The van der Waals surface area contributed by atoms with Crippen LogP contribution >= 0.6 is 0 Å². The van der Waals surface area contributed by atoms with Crippen LogP contribution in [0.25, 0.3) is 0 Å². The van der Waals surface area contributed by atoms with Gasteiger partial charge in [-0.2, -0.15) is 0 Å². The third-order valence-electron chi connectivity index (χ3n) is 7.90. The number of hydrogen-bond acceptors (Lipinski definition) is 4. The van der Waals surface area contributed by atoms with Crippen LogP contribution in [0.2, 0.25) is 0 Å². The molecule has 0 atom stereocenters. The lowest BCUT2D eigenvalue weighted by molar-refractivity contribution is 0.445. The van der Waals surface area contributed by atoms with E-state index >= 15 is 0 Å². The molecule has 2 N–H and O–H groups in total. The largest absolute Gasteiger partial charge is 0.505 e. The van der Waals surface area contributed by atoms with Gasteiger partial charge in [0, 0.05) is 23.6 Å². The molecule has 0 spiro atoms. The SMILES string of the molecule is CC(C)(C)c1cc(N=CCCCCCCCCC=Nc2cc(C(C)(C)C)cc(C(C)(C)C)c2O)c(O)c(C(C)(C)C)c1. The molecule has 0 aliphatic carbocycles. The fourth-order valence-corrected chi connectivity index (χ4v) is 4.95. The molecule has 2 aromatic carbocycles. The zero-order valence-electron chi connectivity index (χ0n) is 28.9. The van der Waals surface area contributed by atoms with Gasteiger partial charge in [-0.3, -0.25) is 9.98 Å². The van der Waals surface area contributed by atoms with E-state index in [1.54, 1.807) is 0 Å². The number of aromatic hydroxyl groups is 2. The number of phenols is 2. The monoisotopic (exact) mass is 576 g/mol. The normalized spacial score (nSPS) is 13.5. The first-order valence-electron chi connectivity index (χ1n) is 16.0. The van der Waals surface area contributed by atoms with E-state index in [2.05, 4.69) is 105 Å². The maximum Gasteiger partial charge on any atom is 0.144 e. The smallest absolute Gasteiger partial charge is 0.144 e. The minimum Gasteiger partial charge on any atom is -0.505 e. The minimum atomic E-state index is -0.142. The predicted molar refractivity (Wildman–Crippen MR) is 184 cm³/mol. The molecule has 0 unspecified atom stereocenters. The van der Waals surface area contributed by atoms with Gasteiger partial charge in [0.25, 0.3) is 0 Å². The molecule has 4 nitrogen and oxygen atoms in total. The van der Waals surface area contributed by atoms with E-state index in [-0.39, 0.29) is 21.7 Å². The Morgan fingerprint density at radius 1 is 0.476 bits per heavy atom. The van der Waals surface area contributed by atoms with E-state index in [4.69, 9.17) is 0 Å². The van der Waals surface area contributed by atoms with Gasteiger partial charge in [0.15, 0.2) is 0 Å². The summed E-state index contributed by atoms with van der Waals surface area (Å²) in [6.07, 6.45) is 12.8. The molecule has 0 aliphatic heterocycles. The Hall–Kier alpha value is -2.62. The number of phenolic OH excluding ortho intramolecular Hbond substituents is 2. The van der Waals surface area contributed by atoms with Crippen LogP contribution in [-0.4, -0.2) is 22.6 Å². The molecule has 234 valence electrons. The van der Waals surface area contributed by atoms with Crippen molar-refractivity contribution in [1.29, 1.82) is 0 Å². The van der Waals surface area contributed by atoms with E-state index in [0.29, 0.717) is 22.9 Å². The van der Waals surface area contributed by atoms with Crippen LogP contribution < -0.4 is 0 Å². The molecule has 0 saturated carbocycles. The fourth-order valence-electron chi connectivity index (χ4n) is 4.95. The number of hydrogen-bond donors (Lipinski definition) is 2. The van der Waals surface area contributed by atoms with Gasteiger partial charge in [0.2, 0.25) is 0 Å². The highest BCUT2D eigenvalue weighted by Gasteiger charge is 2.26. The summed E-state index contributed by atoms with van der Waals surface area (Å²) in [5.41, 5.74) is 5.39. The van der Waals surface area contributed by atoms with Gasteiger partial charge in [-0.25, -0.2) is 0 Å². The summed E-state index contributed by atoms with van der Waals surface area (Å²) in [5.74, 6) is 0.615. The third kappa shape index (κ3) is 10.6. The van der Waals surface area contributed by atoms with Crippen molar-refractivity contribution >= 4 is 23.8 Å². The standard InChI is InChI=1S/C38H60N2O2/c1-35(2,3)27-23-29(37(7,8)9)33(41)31(25-27)39-21-19-17-15-13-14-16-18-20-22-40-32-26-28(36(4,5)6)24-30(34(32)42)38(10,11)12/h21-26,41-42H,13-20H2,1-12H3. The summed E-state index contributed by atoms with van der Waals surface area (Å²) in [4.78, 5) is 9.37. The number of unbranched alkanes of at least 4 members (excludes halogenated alkanes) is 7. The molecule has 0 fully saturated rings. The lowest BCUT2D eigenvalue weighted by Crippen LogP contribution is -2.16. The van der Waals surface area contributed by atoms with Gasteiger partial charge in [-0.05, 0) is 70.6 Å². The molecule has 2 aromatic rings. The van der Waals surface area contributed by atoms with Gasteiger partial charge < -0.3 is 10.2 Å². The van der Waals surface area contributed by atoms with Gasteiger partial charge in [0.1, 0.15) is 22.9 Å². The summed E-state index contributed by atoms with van der Waals surface area (Å²) in [7, 11) is 0. The Balaban J connectivity index is 1.81. The Morgan fingerprint density at radius 3 is 1.07 bits per heavy atom. The molecule has 0 saturated heterocycles. The lowest BCUT2D eigenvalue weighted by Gasteiger charge is -2.26. The van der Waals surface area contributed by atoms with Crippen molar-refractivity contribution < 1.29 is 10.2 Å². The van der Waals surface area contributed by atoms with Crippen LogP contribution in [0.1, 0.15) is 157 Å². The van der Waals surface area contributed by atoms with Crippen LogP contribution in [0.5, 0.6) is 11.5 Å². The Kier molecular flexibility index (Phi) is 12.1. The minimum absolute atomic E-state index is 0.00127. The molecule has 42 heavy (non-hydrogen) atoms. The predicted octanol–water partition coefficient (Wildman–Crippen LogP) is 11.5. The van der Waals surface area contributed by atoms with Crippen LogP contribution in [0.4, 0.5) is 11.4 Å². The summed E-state index contributed by atoms with van der Waals surface area (Å²) in [6.45, 7) is 26.0. The van der Waals surface area contributed by atoms with Crippen molar-refractivity contribution in [2.45, 2.75) is 156 Å². The van der Waals surface area contributed by atoms with Gasteiger partial charge >= 0.3 is 0 Å². The van der Waals surface area contributed by atoms with E-state index in [1.807, 2.05) is 24.6 Å². The highest BCUT2D eigenvalue weighted by molar-refractivity contribution is 5.70. The lowest BCUT2D eigenvalue weighted by atomic mass is 9.80. The molecule has 2 rings (SSSR count). The number of benzene rings is 2. The van der Waals surface area contributed by atoms with Crippen molar-refractivity contribution in [3.63, 3.8) is 0 Å². The molecular formula is C38H60N2O2. The van der Waals surface area contributed by atoms with E-state index in [0.717, 1.165) is 36.8 Å². The molecule has 0 amide bonds. The van der Waals surface area contributed by atoms with E-state index in [1.165, 1.54) is 36.8 Å². The zero-order valence-corrected chi connectivity index (χ0v) is 28.9. The summed E-state index contributed by atoms with van der Waals surface area (Å²) in [6, 6.07) is 8.35. The van der Waals surface area contributed by atoms with Crippen molar-refractivity contribution in [1.82, 2.24) is 0 Å². The van der Waals surface area contributed by atoms with Crippen LogP contribution in [0.3, 0.4) is 0 Å². The van der Waals surface area contributed by atoms with E-state index < -0.39 is 0 Å². The highest BCUT2D eigenvalue weighted by atomic mass is 16.3. The number of aliphatic imine (C=N–C) groups is 2. The van der Waals surface area contributed by atoms with Crippen molar-refractivity contribution in [3.05, 3.63) is 46.5 Å². The van der Waals surface area contributed by atoms with Gasteiger partial charge in [-0.15, -0.1) is 0 Å². The first-order chi connectivity index (χ1) is 19.2. The molecule has 0 bridgehead atoms. The molecular weight excluding hydrogens is 516 g/mol. The first kappa shape index (κ1) is 35.6.